The van der Waals surface area contributed by atoms with E-state index >= 15 is 0 Å². The fraction of sp³-hybridized carbons (Fsp3) is 0.333. The summed E-state index contributed by atoms with van der Waals surface area (Å²) in [4.78, 5) is 0. The van der Waals surface area contributed by atoms with Crippen LogP contribution < -0.4 is 4.74 Å². The van der Waals surface area contributed by atoms with Crippen molar-refractivity contribution in [2.75, 3.05) is 19.0 Å². The molecule has 0 atom stereocenters. The summed E-state index contributed by atoms with van der Waals surface area (Å²) in [6.07, 6.45) is 2.48. The third-order valence-electron chi connectivity index (χ3n) is 4.09. The van der Waals surface area contributed by atoms with Crippen molar-refractivity contribution in [3.63, 3.8) is 0 Å². The molecule has 0 aliphatic carbocycles. The Kier molecular flexibility index (Phi) is 7.30. The monoisotopic (exact) mass is 383 g/mol. The van der Waals surface area contributed by atoms with Crippen LogP contribution in [0.2, 0.25) is 0 Å². The Balaban J connectivity index is 1.87. The molecule has 3 aromatic rings. The molecule has 2 aromatic carbocycles. The minimum atomic E-state index is 0.228. The Labute approximate surface area is 164 Å². The van der Waals surface area contributed by atoms with E-state index in [1.165, 1.54) is 5.56 Å². The predicted molar refractivity (Wildman–Crippen MR) is 109 cm³/mol. The van der Waals surface area contributed by atoms with Crippen LogP contribution in [-0.4, -0.2) is 38.8 Å². The normalized spacial score (nSPS) is 10.9. The maximum Gasteiger partial charge on any atom is 0.195 e. The molecule has 1 aromatic heterocycles. The number of hydrogen-bond donors (Lipinski definition) is 1. The lowest BCUT2D eigenvalue weighted by Crippen LogP contribution is -2.04. The Morgan fingerprint density at radius 2 is 1.78 bits per heavy atom. The molecular formula is C21H25N3O2S. The average Bonchev–Trinajstić information content (AvgIpc) is 3.09. The summed E-state index contributed by atoms with van der Waals surface area (Å²) in [7, 11) is 0. The highest BCUT2D eigenvalue weighted by molar-refractivity contribution is 7.99. The molecule has 142 valence electrons. The largest absolute Gasteiger partial charge is 0.494 e. The first-order chi connectivity index (χ1) is 13.3. The van der Waals surface area contributed by atoms with E-state index in [1.54, 1.807) is 11.8 Å². The maximum atomic E-state index is 8.98. The zero-order chi connectivity index (χ0) is 18.9. The Bertz CT molecular complexity index is 819. The van der Waals surface area contributed by atoms with Gasteiger partial charge in [0, 0.05) is 24.5 Å². The fourth-order valence-electron chi connectivity index (χ4n) is 2.78. The van der Waals surface area contributed by atoms with Crippen LogP contribution in [0.4, 0.5) is 0 Å². The molecule has 0 aliphatic heterocycles. The van der Waals surface area contributed by atoms with Crippen LogP contribution in [0.15, 0.2) is 59.8 Å². The van der Waals surface area contributed by atoms with E-state index in [9.17, 15) is 0 Å². The smallest absolute Gasteiger partial charge is 0.195 e. The summed E-state index contributed by atoms with van der Waals surface area (Å²) in [5, 5.41) is 18.7. The SMILES string of the molecule is CCOc1ccc(-n2c(Cc3ccccc3)nnc2SCCCCO)cc1. The fourth-order valence-corrected chi connectivity index (χ4v) is 3.75. The van der Waals surface area contributed by atoms with Crippen LogP contribution in [0.5, 0.6) is 5.75 Å². The minimum Gasteiger partial charge on any atom is -0.494 e. The molecular weight excluding hydrogens is 358 g/mol. The number of nitrogens with zero attached hydrogens (tertiary/aromatic N) is 3. The molecule has 6 heteroatoms. The van der Waals surface area contributed by atoms with Crippen molar-refractivity contribution in [2.24, 2.45) is 0 Å². The van der Waals surface area contributed by atoms with Crippen LogP contribution in [0, 0.1) is 0 Å². The number of ether oxygens (including phenoxy) is 1. The van der Waals surface area contributed by atoms with E-state index in [4.69, 9.17) is 9.84 Å². The molecule has 0 fully saturated rings. The molecule has 0 bridgehead atoms. The molecule has 27 heavy (non-hydrogen) atoms. The number of aliphatic hydroxyl groups excluding tert-OH is 1. The molecule has 0 radical (unpaired) electrons. The van der Waals surface area contributed by atoms with Gasteiger partial charge in [-0.3, -0.25) is 4.57 Å². The van der Waals surface area contributed by atoms with E-state index < -0.39 is 0 Å². The number of aromatic nitrogens is 3. The number of thioether (sulfide) groups is 1. The number of rotatable bonds is 10. The quantitative estimate of drug-likeness (QED) is 0.421. The standard InChI is InChI=1S/C21H25N3O2S/c1-2-26-19-12-10-18(11-13-19)24-20(16-17-8-4-3-5-9-17)22-23-21(24)27-15-7-6-14-25/h3-5,8-13,25H,2,6-7,14-16H2,1H3. The summed E-state index contributed by atoms with van der Waals surface area (Å²) >= 11 is 1.67. The van der Waals surface area contributed by atoms with Gasteiger partial charge in [0.1, 0.15) is 11.6 Å². The van der Waals surface area contributed by atoms with Gasteiger partial charge in [-0.1, -0.05) is 42.1 Å². The van der Waals surface area contributed by atoms with Crippen LogP contribution in [-0.2, 0) is 6.42 Å². The zero-order valence-corrected chi connectivity index (χ0v) is 16.4. The molecule has 0 spiro atoms. The Morgan fingerprint density at radius 3 is 2.48 bits per heavy atom. The Morgan fingerprint density at radius 1 is 1.00 bits per heavy atom. The molecule has 5 nitrogen and oxygen atoms in total. The number of hydrogen-bond acceptors (Lipinski definition) is 5. The molecule has 0 unspecified atom stereocenters. The van der Waals surface area contributed by atoms with Gasteiger partial charge in [-0.2, -0.15) is 0 Å². The highest BCUT2D eigenvalue weighted by atomic mass is 32.2. The van der Waals surface area contributed by atoms with E-state index in [0.29, 0.717) is 6.61 Å². The topological polar surface area (TPSA) is 60.2 Å². The number of benzene rings is 2. The van der Waals surface area contributed by atoms with Crippen molar-refractivity contribution >= 4 is 11.8 Å². The first-order valence-corrected chi connectivity index (χ1v) is 10.3. The van der Waals surface area contributed by atoms with Gasteiger partial charge in [-0.15, -0.1) is 10.2 Å². The molecule has 1 heterocycles. The second-order valence-electron chi connectivity index (χ2n) is 6.10. The second-order valence-corrected chi connectivity index (χ2v) is 7.16. The highest BCUT2D eigenvalue weighted by Gasteiger charge is 2.15. The first-order valence-electron chi connectivity index (χ1n) is 9.27. The lowest BCUT2D eigenvalue weighted by atomic mass is 10.1. The molecule has 0 saturated carbocycles. The summed E-state index contributed by atoms with van der Waals surface area (Å²) in [6, 6.07) is 18.3. The number of aliphatic hydroxyl groups is 1. The Hall–Kier alpha value is -2.31. The lowest BCUT2D eigenvalue weighted by Gasteiger charge is -2.11. The van der Waals surface area contributed by atoms with Crippen LogP contribution in [0.25, 0.3) is 5.69 Å². The predicted octanol–water partition coefficient (Wildman–Crippen LogP) is 4.12. The molecule has 0 saturated heterocycles. The van der Waals surface area contributed by atoms with Gasteiger partial charge in [0.05, 0.1) is 6.61 Å². The average molecular weight is 384 g/mol. The van der Waals surface area contributed by atoms with E-state index in [1.807, 2.05) is 49.4 Å². The van der Waals surface area contributed by atoms with E-state index in [0.717, 1.165) is 47.4 Å². The summed E-state index contributed by atoms with van der Waals surface area (Å²) < 4.78 is 7.67. The van der Waals surface area contributed by atoms with Crippen LogP contribution in [0.3, 0.4) is 0 Å². The summed E-state index contributed by atoms with van der Waals surface area (Å²) in [5.41, 5.74) is 2.23. The van der Waals surface area contributed by atoms with E-state index in [2.05, 4.69) is 26.9 Å². The first kappa shape index (κ1) is 19.5. The highest BCUT2D eigenvalue weighted by Crippen LogP contribution is 2.25. The van der Waals surface area contributed by atoms with Gasteiger partial charge in [-0.25, -0.2) is 0 Å². The van der Waals surface area contributed by atoms with Gasteiger partial charge in [0.15, 0.2) is 5.16 Å². The third kappa shape index (κ3) is 5.34. The number of unbranched alkanes of at least 4 members (excludes halogenated alkanes) is 1. The molecule has 0 aliphatic rings. The molecule has 0 amide bonds. The van der Waals surface area contributed by atoms with Gasteiger partial charge in [-0.05, 0) is 49.6 Å². The molecule has 3 rings (SSSR count). The zero-order valence-electron chi connectivity index (χ0n) is 15.5. The third-order valence-corrected chi connectivity index (χ3v) is 5.11. The van der Waals surface area contributed by atoms with Crippen molar-refractivity contribution < 1.29 is 9.84 Å². The molecule has 1 N–H and O–H groups in total. The minimum absolute atomic E-state index is 0.228. The summed E-state index contributed by atoms with van der Waals surface area (Å²) in [5.74, 6) is 2.67. The van der Waals surface area contributed by atoms with Gasteiger partial charge >= 0.3 is 0 Å². The van der Waals surface area contributed by atoms with Gasteiger partial charge in [0.25, 0.3) is 0 Å². The van der Waals surface area contributed by atoms with Crippen LogP contribution in [0.1, 0.15) is 31.2 Å². The van der Waals surface area contributed by atoms with Gasteiger partial charge < -0.3 is 9.84 Å². The summed E-state index contributed by atoms with van der Waals surface area (Å²) in [6.45, 7) is 2.86. The van der Waals surface area contributed by atoms with Gasteiger partial charge in [0.2, 0.25) is 0 Å². The second kappa shape index (κ2) is 10.1. The maximum absolute atomic E-state index is 8.98. The van der Waals surface area contributed by atoms with Crippen molar-refractivity contribution in [1.82, 2.24) is 14.8 Å². The lowest BCUT2D eigenvalue weighted by molar-refractivity contribution is 0.287. The van der Waals surface area contributed by atoms with Crippen molar-refractivity contribution in [2.45, 2.75) is 31.3 Å². The van der Waals surface area contributed by atoms with Crippen molar-refractivity contribution in [3.8, 4) is 11.4 Å². The van der Waals surface area contributed by atoms with Crippen LogP contribution >= 0.6 is 11.8 Å². The van der Waals surface area contributed by atoms with Crippen molar-refractivity contribution in [1.29, 1.82) is 0 Å². The van der Waals surface area contributed by atoms with E-state index in [-0.39, 0.29) is 6.61 Å². The van der Waals surface area contributed by atoms with Crippen molar-refractivity contribution in [3.05, 3.63) is 66.0 Å².